The topological polar surface area (TPSA) is 70.6 Å². The van der Waals surface area contributed by atoms with Gasteiger partial charge in [-0.25, -0.2) is 26.0 Å². The third-order valence-electron chi connectivity index (χ3n) is 7.15. The maximum Gasteiger partial charge on any atom is 0.248 e. The van der Waals surface area contributed by atoms with E-state index < -0.39 is 44.5 Å². The van der Waals surface area contributed by atoms with Gasteiger partial charge in [0, 0.05) is 63.4 Å². The van der Waals surface area contributed by atoms with Crippen LogP contribution >= 0.6 is 0 Å². The van der Waals surface area contributed by atoms with Crippen LogP contribution in [-0.2, 0) is 10.0 Å². The Balaban J connectivity index is 1.49. The molecule has 0 spiro atoms. The van der Waals surface area contributed by atoms with E-state index in [2.05, 4.69) is 4.98 Å². The van der Waals surface area contributed by atoms with Gasteiger partial charge in [0.15, 0.2) is 5.78 Å². The molecule has 2 heterocycles. The van der Waals surface area contributed by atoms with Gasteiger partial charge in [0.05, 0.1) is 5.56 Å². The molecule has 1 aromatic heterocycles. The maximum absolute atomic E-state index is 14.1. The number of pyridine rings is 1. The van der Waals surface area contributed by atoms with Crippen LogP contribution in [0, 0.1) is 11.6 Å². The summed E-state index contributed by atoms with van der Waals surface area (Å²) in [5.74, 6) is -5.42. The molecule has 0 atom stereocenters. The standard InChI is InChI=1S/C24H27F4N3O3S/c25-19-4-1-5-20(26)22(19)21(32)6-7-23(8-10-24(27,28)11-9-23)30-13-15-31(16-14-30)35(33,34)18-3-2-12-29-17-18/h1-5,12,17H,6-11,13-16H2. The van der Waals surface area contributed by atoms with Crippen LogP contribution in [0.3, 0.4) is 0 Å². The number of carbonyl (C=O) groups is 1. The van der Waals surface area contributed by atoms with Crippen LogP contribution in [-0.4, -0.2) is 66.0 Å². The first-order valence-electron chi connectivity index (χ1n) is 11.5. The number of halogens is 4. The lowest BCUT2D eigenvalue weighted by Gasteiger charge is -2.51. The Hall–Kier alpha value is -2.37. The lowest BCUT2D eigenvalue weighted by molar-refractivity contribution is -0.0891. The van der Waals surface area contributed by atoms with E-state index in [-0.39, 0.29) is 56.5 Å². The van der Waals surface area contributed by atoms with Gasteiger partial charge in [-0.3, -0.25) is 14.7 Å². The van der Waals surface area contributed by atoms with Crippen LogP contribution in [0.15, 0.2) is 47.6 Å². The molecule has 0 unspecified atom stereocenters. The summed E-state index contributed by atoms with van der Waals surface area (Å²) >= 11 is 0. The van der Waals surface area contributed by atoms with Crippen molar-refractivity contribution in [1.29, 1.82) is 0 Å². The van der Waals surface area contributed by atoms with Crippen molar-refractivity contribution in [3.8, 4) is 0 Å². The number of benzene rings is 1. The minimum Gasteiger partial charge on any atom is -0.295 e. The van der Waals surface area contributed by atoms with Gasteiger partial charge in [0.25, 0.3) is 0 Å². The Morgan fingerprint density at radius 3 is 2.14 bits per heavy atom. The van der Waals surface area contributed by atoms with E-state index in [9.17, 15) is 30.8 Å². The Labute approximate surface area is 202 Å². The minimum atomic E-state index is -3.74. The predicted octanol–water partition coefficient (Wildman–Crippen LogP) is 4.28. The van der Waals surface area contributed by atoms with E-state index in [0.29, 0.717) is 13.1 Å². The smallest absolute Gasteiger partial charge is 0.248 e. The van der Waals surface area contributed by atoms with Crippen molar-refractivity contribution in [3.05, 3.63) is 59.9 Å². The average Bonchev–Trinajstić information content (AvgIpc) is 2.84. The molecular formula is C24H27F4N3O3S. The van der Waals surface area contributed by atoms with Crippen molar-refractivity contribution < 1.29 is 30.8 Å². The number of hydrogen-bond acceptors (Lipinski definition) is 5. The molecule has 4 rings (SSSR count). The molecule has 0 N–H and O–H groups in total. The van der Waals surface area contributed by atoms with Crippen LogP contribution in [0.2, 0.25) is 0 Å². The molecule has 1 saturated heterocycles. The van der Waals surface area contributed by atoms with Gasteiger partial charge in [-0.1, -0.05) is 6.07 Å². The number of alkyl halides is 2. The molecule has 1 aliphatic carbocycles. The number of hydrogen-bond donors (Lipinski definition) is 0. The van der Waals surface area contributed by atoms with Gasteiger partial charge in [-0.05, 0) is 43.5 Å². The van der Waals surface area contributed by atoms with Crippen LogP contribution < -0.4 is 0 Å². The van der Waals surface area contributed by atoms with Gasteiger partial charge in [0.1, 0.15) is 16.5 Å². The number of Topliss-reactive ketones (excluding diaryl/α,β-unsaturated/α-hetero) is 1. The van der Waals surface area contributed by atoms with Gasteiger partial charge >= 0.3 is 0 Å². The molecular weight excluding hydrogens is 486 g/mol. The van der Waals surface area contributed by atoms with E-state index in [4.69, 9.17) is 0 Å². The first-order chi connectivity index (χ1) is 16.5. The van der Waals surface area contributed by atoms with E-state index in [0.717, 1.165) is 12.1 Å². The third kappa shape index (κ3) is 5.41. The summed E-state index contributed by atoms with van der Waals surface area (Å²) in [6, 6.07) is 6.19. The van der Waals surface area contributed by atoms with Crippen molar-refractivity contribution in [2.24, 2.45) is 0 Å². The highest BCUT2D eigenvalue weighted by Gasteiger charge is 2.47. The fourth-order valence-corrected chi connectivity index (χ4v) is 6.48. The zero-order valence-corrected chi connectivity index (χ0v) is 19.9. The molecule has 190 valence electrons. The van der Waals surface area contributed by atoms with E-state index in [1.54, 1.807) is 0 Å². The minimum absolute atomic E-state index is 0.0815. The van der Waals surface area contributed by atoms with E-state index in [1.165, 1.54) is 34.9 Å². The van der Waals surface area contributed by atoms with E-state index >= 15 is 0 Å². The summed E-state index contributed by atoms with van der Waals surface area (Å²) in [6.45, 7) is 0.914. The first-order valence-corrected chi connectivity index (χ1v) is 13.0. The molecule has 0 amide bonds. The highest BCUT2D eigenvalue weighted by atomic mass is 32.2. The number of sulfonamides is 1. The molecule has 0 bridgehead atoms. The maximum atomic E-state index is 14.1. The zero-order valence-electron chi connectivity index (χ0n) is 19.1. The second-order valence-electron chi connectivity index (χ2n) is 9.18. The fourth-order valence-electron chi connectivity index (χ4n) is 5.09. The normalized spacial score (nSPS) is 21.0. The largest absolute Gasteiger partial charge is 0.295 e. The Morgan fingerprint density at radius 1 is 0.943 bits per heavy atom. The highest BCUT2D eigenvalue weighted by molar-refractivity contribution is 7.89. The Kier molecular flexibility index (Phi) is 7.31. The molecule has 2 fully saturated rings. The molecule has 1 aliphatic heterocycles. The number of ketones is 1. The van der Waals surface area contributed by atoms with Gasteiger partial charge in [0.2, 0.25) is 15.9 Å². The van der Waals surface area contributed by atoms with Crippen molar-refractivity contribution in [3.63, 3.8) is 0 Å². The lowest BCUT2D eigenvalue weighted by atomic mass is 9.74. The van der Waals surface area contributed by atoms with Crippen molar-refractivity contribution >= 4 is 15.8 Å². The molecule has 2 aromatic rings. The van der Waals surface area contributed by atoms with Crippen LogP contribution in [0.1, 0.15) is 48.9 Å². The monoisotopic (exact) mass is 513 g/mol. The van der Waals surface area contributed by atoms with Crippen molar-refractivity contribution in [2.45, 2.75) is 54.9 Å². The number of rotatable bonds is 7. The summed E-state index contributed by atoms with van der Waals surface area (Å²) in [4.78, 5) is 18.6. The number of aromatic nitrogens is 1. The zero-order chi connectivity index (χ0) is 25.3. The summed E-state index contributed by atoms with van der Waals surface area (Å²) in [7, 11) is -3.74. The summed E-state index contributed by atoms with van der Waals surface area (Å²) in [6.07, 6.45) is 2.23. The number of piperazine rings is 1. The molecule has 11 heteroatoms. The van der Waals surface area contributed by atoms with Gasteiger partial charge < -0.3 is 0 Å². The molecule has 1 aromatic carbocycles. The summed E-state index contributed by atoms with van der Waals surface area (Å²) in [5, 5.41) is 0. The summed E-state index contributed by atoms with van der Waals surface area (Å²) in [5.41, 5.74) is -1.39. The quantitative estimate of drug-likeness (QED) is 0.409. The predicted molar refractivity (Wildman–Crippen MR) is 121 cm³/mol. The summed E-state index contributed by atoms with van der Waals surface area (Å²) < 4.78 is 83.4. The number of nitrogens with zero attached hydrogens (tertiary/aromatic N) is 3. The first kappa shape index (κ1) is 25.7. The van der Waals surface area contributed by atoms with Crippen molar-refractivity contribution in [1.82, 2.24) is 14.2 Å². The second kappa shape index (κ2) is 9.94. The van der Waals surface area contributed by atoms with Crippen LogP contribution in [0.5, 0.6) is 0 Å². The highest BCUT2D eigenvalue weighted by Crippen LogP contribution is 2.44. The van der Waals surface area contributed by atoms with Gasteiger partial charge in [-0.15, -0.1) is 0 Å². The molecule has 2 aliphatic rings. The van der Waals surface area contributed by atoms with Crippen LogP contribution in [0.25, 0.3) is 0 Å². The Morgan fingerprint density at radius 2 is 1.57 bits per heavy atom. The third-order valence-corrected chi connectivity index (χ3v) is 9.04. The van der Waals surface area contributed by atoms with Crippen LogP contribution in [0.4, 0.5) is 17.6 Å². The van der Waals surface area contributed by atoms with Crippen molar-refractivity contribution in [2.75, 3.05) is 26.2 Å². The molecule has 6 nitrogen and oxygen atoms in total. The lowest BCUT2D eigenvalue weighted by Crippen LogP contribution is -2.59. The fraction of sp³-hybridized carbons (Fsp3) is 0.500. The SMILES string of the molecule is O=C(CCC1(N2CCN(S(=O)(=O)c3cccnc3)CC2)CCC(F)(F)CC1)c1c(F)cccc1F. The molecule has 0 radical (unpaired) electrons. The average molecular weight is 514 g/mol. The Bertz CT molecular complexity index is 1140. The van der Waals surface area contributed by atoms with E-state index in [1.807, 2.05) is 4.90 Å². The second-order valence-corrected chi connectivity index (χ2v) is 11.1. The van der Waals surface area contributed by atoms with Gasteiger partial charge in [-0.2, -0.15) is 4.31 Å². The number of carbonyl (C=O) groups excluding carboxylic acids is 1. The molecule has 1 saturated carbocycles. The molecule has 35 heavy (non-hydrogen) atoms.